The molecule has 0 unspecified atom stereocenters. The molecule has 2 amide bonds. The van der Waals surface area contributed by atoms with Gasteiger partial charge in [0.25, 0.3) is 5.69 Å². The van der Waals surface area contributed by atoms with Gasteiger partial charge in [-0.15, -0.1) is 0 Å². The second-order valence-corrected chi connectivity index (χ2v) is 10.5. The molecular formula is C33H25N3O5. The van der Waals surface area contributed by atoms with Crippen molar-refractivity contribution >= 4 is 35.1 Å². The van der Waals surface area contributed by atoms with Crippen molar-refractivity contribution < 1.29 is 19.2 Å². The van der Waals surface area contributed by atoms with Gasteiger partial charge in [0.2, 0.25) is 11.8 Å². The monoisotopic (exact) mass is 543 g/mol. The summed E-state index contributed by atoms with van der Waals surface area (Å²) in [5.41, 5.74) is 3.90. The number of hydrogen-bond acceptors (Lipinski definition) is 6. The smallest absolute Gasteiger partial charge is 0.269 e. The Morgan fingerprint density at radius 3 is 2.07 bits per heavy atom. The summed E-state index contributed by atoms with van der Waals surface area (Å²) in [5.74, 6) is -1.43. The third-order valence-corrected chi connectivity index (χ3v) is 8.57. The van der Waals surface area contributed by atoms with E-state index in [0.29, 0.717) is 23.7 Å². The number of anilines is 1. The minimum atomic E-state index is -1.01. The number of nitro groups is 1. The van der Waals surface area contributed by atoms with E-state index < -0.39 is 22.2 Å². The highest BCUT2D eigenvalue weighted by Gasteiger charge is 2.67. The summed E-state index contributed by atoms with van der Waals surface area (Å²) in [6, 6.07) is 29.0. The van der Waals surface area contributed by atoms with Gasteiger partial charge in [-0.1, -0.05) is 48.5 Å². The highest BCUT2D eigenvalue weighted by atomic mass is 16.6. The van der Waals surface area contributed by atoms with Gasteiger partial charge in [0.15, 0.2) is 0 Å². The van der Waals surface area contributed by atoms with Crippen molar-refractivity contribution in [2.24, 2.45) is 16.8 Å². The van der Waals surface area contributed by atoms with Crippen LogP contribution in [0.3, 0.4) is 0 Å². The predicted molar refractivity (Wildman–Crippen MR) is 154 cm³/mol. The second kappa shape index (κ2) is 9.23. The van der Waals surface area contributed by atoms with E-state index in [2.05, 4.69) is 0 Å². The predicted octanol–water partition coefficient (Wildman–Crippen LogP) is 5.95. The Balaban J connectivity index is 1.42. The van der Waals surface area contributed by atoms with Gasteiger partial charge in [0.05, 0.1) is 40.2 Å². The maximum absolute atomic E-state index is 14.4. The fourth-order valence-corrected chi connectivity index (χ4v) is 7.00. The number of benzene rings is 4. The molecule has 0 N–H and O–H groups in total. The molecule has 1 saturated heterocycles. The van der Waals surface area contributed by atoms with Crippen LogP contribution in [0.4, 0.5) is 17.1 Å². The molecule has 1 aliphatic heterocycles. The molecule has 2 bridgehead atoms. The lowest BCUT2D eigenvalue weighted by Gasteiger charge is -2.52. The van der Waals surface area contributed by atoms with Gasteiger partial charge >= 0.3 is 0 Å². The van der Waals surface area contributed by atoms with Crippen molar-refractivity contribution in [3.8, 4) is 5.75 Å². The number of carbonyl (C=O) groups is 2. The molecule has 1 heterocycles. The average Bonchev–Trinajstić information content (AvgIpc) is 3.27. The quantitative estimate of drug-likeness (QED) is 0.130. The second-order valence-electron chi connectivity index (χ2n) is 10.5. The molecule has 8 rings (SSSR count). The summed E-state index contributed by atoms with van der Waals surface area (Å²) < 4.78 is 5.57. The Labute approximate surface area is 236 Å². The van der Waals surface area contributed by atoms with E-state index in [-0.39, 0.29) is 23.4 Å². The molecule has 41 heavy (non-hydrogen) atoms. The third kappa shape index (κ3) is 3.50. The number of amides is 2. The molecule has 4 aliphatic rings. The molecule has 3 aliphatic carbocycles. The first kappa shape index (κ1) is 24.9. The van der Waals surface area contributed by atoms with E-state index in [1.807, 2.05) is 55.5 Å². The number of rotatable bonds is 6. The summed E-state index contributed by atoms with van der Waals surface area (Å²) in [4.78, 5) is 45.5. The van der Waals surface area contributed by atoms with Gasteiger partial charge in [-0.05, 0) is 65.6 Å². The van der Waals surface area contributed by atoms with E-state index in [0.717, 1.165) is 22.3 Å². The molecule has 202 valence electrons. The topological polar surface area (TPSA) is 102 Å². The minimum Gasteiger partial charge on any atom is -0.494 e. The summed E-state index contributed by atoms with van der Waals surface area (Å²) in [6.07, 6.45) is 1.78. The standard InChI is InChI=1S/C33H25N3O5/c1-2-41-23-17-15-21(16-18-23)35-31(37)29-28-24-7-3-5-9-26(24)33(30(29)32(35)38,27-10-6-4-8-25(27)28)19-34-20-11-13-22(14-12-20)36(39)40/h3-19,28-30H,2H2,1H3/t28?,29-,30-,33?/m0/s1. The van der Waals surface area contributed by atoms with E-state index in [9.17, 15) is 19.7 Å². The maximum Gasteiger partial charge on any atom is 0.269 e. The maximum atomic E-state index is 14.4. The molecule has 8 nitrogen and oxygen atoms in total. The first-order chi connectivity index (χ1) is 20.0. The van der Waals surface area contributed by atoms with E-state index in [1.54, 1.807) is 42.6 Å². The number of imide groups is 1. The van der Waals surface area contributed by atoms with Gasteiger partial charge in [-0.3, -0.25) is 24.7 Å². The van der Waals surface area contributed by atoms with Crippen LogP contribution in [0.15, 0.2) is 102 Å². The van der Waals surface area contributed by atoms with Gasteiger partial charge in [0.1, 0.15) is 5.75 Å². The van der Waals surface area contributed by atoms with Crippen molar-refractivity contribution in [2.75, 3.05) is 11.5 Å². The molecule has 4 aromatic carbocycles. The number of ether oxygens (including phenoxy) is 1. The molecule has 1 fully saturated rings. The Morgan fingerprint density at radius 2 is 1.49 bits per heavy atom. The van der Waals surface area contributed by atoms with Crippen LogP contribution in [0.5, 0.6) is 5.75 Å². The molecule has 0 spiro atoms. The van der Waals surface area contributed by atoms with Crippen molar-refractivity contribution in [3.05, 3.63) is 129 Å². The van der Waals surface area contributed by atoms with Crippen LogP contribution in [-0.2, 0) is 15.0 Å². The lowest BCUT2D eigenvalue weighted by atomic mass is 9.47. The van der Waals surface area contributed by atoms with Gasteiger partial charge in [-0.2, -0.15) is 0 Å². The zero-order chi connectivity index (χ0) is 28.3. The van der Waals surface area contributed by atoms with Crippen LogP contribution in [0, 0.1) is 22.0 Å². The summed E-state index contributed by atoms with van der Waals surface area (Å²) in [6.45, 7) is 2.41. The lowest BCUT2D eigenvalue weighted by molar-refractivity contribution is -0.384. The van der Waals surface area contributed by atoms with Gasteiger partial charge in [-0.25, -0.2) is 4.90 Å². The molecule has 4 aromatic rings. The fraction of sp³-hybridized carbons (Fsp3) is 0.182. The Bertz CT molecular complexity index is 1700. The largest absolute Gasteiger partial charge is 0.494 e. The Kier molecular flexibility index (Phi) is 5.61. The molecule has 0 aromatic heterocycles. The van der Waals surface area contributed by atoms with Crippen molar-refractivity contribution in [1.82, 2.24) is 0 Å². The van der Waals surface area contributed by atoms with E-state index in [1.165, 1.54) is 17.0 Å². The lowest BCUT2D eigenvalue weighted by Crippen LogP contribution is -2.54. The molecule has 8 heteroatoms. The summed E-state index contributed by atoms with van der Waals surface area (Å²) >= 11 is 0. The average molecular weight is 544 g/mol. The van der Waals surface area contributed by atoms with Crippen molar-refractivity contribution in [2.45, 2.75) is 18.3 Å². The van der Waals surface area contributed by atoms with Crippen LogP contribution in [0.2, 0.25) is 0 Å². The van der Waals surface area contributed by atoms with E-state index in [4.69, 9.17) is 9.73 Å². The highest BCUT2D eigenvalue weighted by molar-refractivity contribution is 6.25. The molecule has 0 saturated carbocycles. The Morgan fingerprint density at radius 1 is 0.878 bits per heavy atom. The molecule has 2 atom stereocenters. The third-order valence-electron chi connectivity index (χ3n) is 8.57. The number of aliphatic imine (C=N–C) groups is 1. The van der Waals surface area contributed by atoms with Crippen LogP contribution >= 0.6 is 0 Å². The van der Waals surface area contributed by atoms with Crippen LogP contribution in [0.1, 0.15) is 35.1 Å². The zero-order valence-electron chi connectivity index (χ0n) is 22.1. The van der Waals surface area contributed by atoms with Crippen molar-refractivity contribution in [3.63, 3.8) is 0 Å². The number of non-ortho nitro benzene ring substituents is 1. The highest BCUT2D eigenvalue weighted by Crippen LogP contribution is 2.63. The first-order valence-corrected chi connectivity index (χ1v) is 13.5. The molecule has 0 radical (unpaired) electrons. The Hall–Kier alpha value is -5.11. The number of nitrogens with zero attached hydrogens (tertiary/aromatic N) is 3. The fourth-order valence-electron chi connectivity index (χ4n) is 7.00. The first-order valence-electron chi connectivity index (χ1n) is 13.5. The van der Waals surface area contributed by atoms with E-state index >= 15 is 0 Å². The van der Waals surface area contributed by atoms with Crippen LogP contribution in [0.25, 0.3) is 0 Å². The normalized spacial score (nSPS) is 23.8. The van der Waals surface area contributed by atoms with Crippen molar-refractivity contribution in [1.29, 1.82) is 0 Å². The van der Waals surface area contributed by atoms with Gasteiger partial charge in [0, 0.05) is 24.3 Å². The van der Waals surface area contributed by atoms with Crippen LogP contribution < -0.4 is 9.64 Å². The number of carbonyl (C=O) groups excluding carboxylic acids is 2. The zero-order valence-corrected chi connectivity index (χ0v) is 22.1. The summed E-state index contributed by atoms with van der Waals surface area (Å²) in [7, 11) is 0. The SMILES string of the molecule is CCOc1ccc(N2C(=O)[C@@H]3[C@@H](C2=O)C2c4ccccc4C3(C=Nc3ccc([N+](=O)[O-])cc3)c3ccccc32)cc1. The molecular weight excluding hydrogens is 518 g/mol. The summed E-state index contributed by atoms with van der Waals surface area (Å²) in [5, 5.41) is 11.2. The minimum absolute atomic E-state index is 0.0291. The van der Waals surface area contributed by atoms with Crippen LogP contribution in [-0.4, -0.2) is 29.6 Å². The van der Waals surface area contributed by atoms with Gasteiger partial charge < -0.3 is 4.74 Å². The number of hydrogen-bond donors (Lipinski definition) is 0. The number of nitro benzene ring substituents is 1.